The number of rotatable bonds is 4. The molecule has 3 rings (SSSR count). The van der Waals surface area contributed by atoms with E-state index in [1.54, 1.807) is 11.3 Å². The molecular formula is C13H20N4S2. The van der Waals surface area contributed by atoms with Crippen molar-refractivity contribution >= 4 is 33.9 Å². The molecule has 1 aliphatic heterocycles. The highest BCUT2D eigenvalue weighted by atomic mass is 32.2. The van der Waals surface area contributed by atoms with E-state index in [2.05, 4.69) is 44.9 Å². The van der Waals surface area contributed by atoms with Crippen molar-refractivity contribution in [1.29, 1.82) is 0 Å². The lowest BCUT2D eigenvalue weighted by molar-refractivity contribution is 0.708. The molecule has 4 nitrogen and oxygen atoms in total. The Morgan fingerprint density at radius 3 is 3.21 bits per heavy atom. The Balaban J connectivity index is 1.94. The van der Waals surface area contributed by atoms with Gasteiger partial charge in [-0.2, -0.15) is 11.8 Å². The Labute approximate surface area is 122 Å². The third-order valence-electron chi connectivity index (χ3n) is 3.58. The summed E-state index contributed by atoms with van der Waals surface area (Å²) in [5.41, 5.74) is 1.29. The fourth-order valence-electron chi connectivity index (χ4n) is 2.56. The number of nitrogens with one attached hydrogen (secondary N) is 1. The normalized spacial score (nSPS) is 20.3. The summed E-state index contributed by atoms with van der Waals surface area (Å²) in [6, 6.07) is 0. The molecule has 6 heteroatoms. The molecule has 0 bridgehead atoms. The smallest absolute Gasteiger partial charge is 0.195 e. The lowest BCUT2D eigenvalue weighted by Gasteiger charge is -2.32. The number of hydrogen-bond acceptors (Lipinski definition) is 5. The minimum Gasteiger partial charge on any atom is -0.353 e. The number of imidazole rings is 1. The van der Waals surface area contributed by atoms with Crippen molar-refractivity contribution in [3.8, 4) is 0 Å². The van der Waals surface area contributed by atoms with Crippen LogP contribution >= 0.6 is 23.1 Å². The number of fused-ring (bicyclic) bond motifs is 1. The Morgan fingerprint density at radius 1 is 1.53 bits per heavy atom. The van der Waals surface area contributed by atoms with E-state index in [1.807, 2.05) is 7.05 Å². The quantitative estimate of drug-likeness (QED) is 0.939. The van der Waals surface area contributed by atoms with Crippen molar-refractivity contribution in [2.24, 2.45) is 0 Å². The van der Waals surface area contributed by atoms with Crippen molar-refractivity contribution in [2.45, 2.75) is 25.1 Å². The molecule has 2 aromatic rings. The van der Waals surface area contributed by atoms with Gasteiger partial charge in [0.05, 0.1) is 5.69 Å². The number of hydrogen-bond donors (Lipinski definition) is 1. The van der Waals surface area contributed by atoms with E-state index < -0.39 is 0 Å². The summed E-state index contributed by atoms with van der Waals surface area (Å²) in [7, 11) is 2.00. The first-order valence-electron chi connectivity index (χ1n) is 6.79. The molecule has 0 radical (unpaired) electrons. The predicted molar refractivity (Wildman–Crippen MR) is 84.6 cm³/mol. The topological polar surface area (TPSA) is 32.6 Å². The Kier molecular flexibility index (Phi) is 4.00. The van der Waals surface area contributed by atoms with Crippen molar-refractivity contribution in [3.63, 3.8) is 0 Å². The molecule has 0 aromatic carbocycles. The van der Waals surface area contributed by atoms with Crippen LogP contribution in [0.3, 0.4) is 0 Å². The molecule has 0 amide bonds. The van der Waals surface area contributed by atoms with E-state index in [4.69, 9.17) is 4.98 Å². The lowest BCUT2D eigenvalue weighted by Crippen LogP contribution is -2.38. The summed E-state index contributed by atoms with van der Waals surface area (Å²) in [5.74, 6) is 2.39. The van der Waals surface area contributed by atoms with E-state index in [9.17, 15) is 0 Å². The monoisotopic (exact) mass is 296 g/mol. The van der Waals surface area contributed by atoms with E-state index in [-0.39, 0.29) is 0 Å². The van der Waals surface area contributed by atoms with E-state index in [0.717, 1.165) is 29.8 Å². The first-order chi connectivity index (χ1) is 9.33. The summed E-state index contributed by atoms with van der Waals surface area (Å²) >= 11 is 3.81. The van der Waals surface area contributed by atoms with Gasteiger partial charge in [0.25, 0.3) is 0 Å². The van der Waals surface area contributed by atoms with Crippen LogP contribution in [-0.4, -0.2) is 40.5 Å². The Hall–Kier alpha value is -0.720. The average molecular weight is 296 g/mol. The molecule has 104 valence electrons. The molecule has 1 aliphatic rings. The van der Waals surface area contributed by atoms with Crippen molar-refractivity contribution < 1.29 is 0 Å². The molecule has 1 atom stereocenters. The summed E-state index contributed by atoms with van der Waals surface area (Å²) in [5, 5.41) is 6.12. The van der Waals surface area contributed by atoms with Gasteiger partial charge in [0.1, 0.15) is 0 Å². The van der Waals surface area contributed by atoms with Crippen molar-refractivity contribution in [1.82, 2.24) is 14.7 Å². The number of thioether (sulfide) groups is 1. The van der Waals surface area contributed by atoms with Gasteiger partial charge in [-0.1, -0.05) is 6.92 Å². The highest BCUT2D eigenvalue weighted by Crippen LogP contribution is 2.29. The maximum atomic E-state index is 4.84. The number of aromatic nitrogens is 2. The SMILES string of the molecule is CCC1CN(c2nc3sccn3c2CNC)CCS1. The third kappa shape index (κ3) is 2.49. The molecule has 1 N–H and O–H groups in total. The zero-order valence-electron chi connectivity index (χ0n) is 11.4. The molecule has 2 aromatic heterocycles. The first kappa shape index (κ1) is 13.3. The fraction of sp³-hybridized carbons (Fsp3) is 0.615. The van der Waals surface area contributed by atoms with Crippen LogP contribution in [0.15, 0.2) is 11.6 Å². The molecule has 0 saturated carbocycles. The molecule has 1 unspecified atom stereocenters. The molecule has 1 saturated heterocycles. The second-order valence-corrected chi connectivity index (χ2v) is 7.10. The maximum absolute atomic E-state index is 4.84. The van der Waals surface area contributed by atoms with Crippen molar-refractivity contribution in [2.75, 3.05) is 30.8 Å². The van der Waals surface area contributed by atoms with E-state index in [1.165, 1.54) is 23.7 Å². The number of thiazole rings is 1. The molecule has 3 heterocycles. The predicted octanol–water partition coefficient (Wildman–Crippen LogP) is 2.45. The van der Waals surface area contributed by atoms with Gasteiger partial charge in [-0.15, -0.1) is 11.3 Å². The van der Waals surface area contributed by atoms with Gasteiger partial charge in [0.2, 0.25) is 0 Å². The molecule has 0 spiro atoms. The minimum atomic E-state index is 0.746. The molecule has 19 heavy (non-hydrogen) atoms. The van der Waals surface area contributed by atoms with E-state index in [0.29, 0.717) is 0 Å². The van der Waals surface area contributed by atoms with Gasteiger partial charge in [0, 0.05) is 42.2 Å². The summed E-state index contributed by atoms with van der Waals surface area (Å²) < 4.78 is 2.22. The molecule has 1 fully saturated rings. The van der Waals surface area contributed by atoms with Crippen molar-refractivity contribution in [3.05, 3.63) is 17.3 Å². The standard InChI is InChI=1S/C13H20N4S2/c1-3-10-9-16(4-6-18-10)12-11(8-14-2)17-5-7-19-13(17)15-12/h5,7,10,14H,3-4,6,8-9H2,1-2H3. The zero-order valence-corrected chi connectivity index (χ0v) is 13.1. The van der Waals surface area contributed by atoms with Crippen LogP contribution in [0.5, 0.6) is 0 Å². The molecule has 0 aliphatic carbocycles. The Bertz CT molecular complexity index is 548. The van der Waals surface area contributed by atoms with Gasteiger partial charge in [-0.3, -0.25) is 4.40 Å². The summed E-state index contributed by atoms with van der Waals surface area (Å²) in [6.07, 6.45) is 3.36. The van der Waals surface area contributed by atoms with Crippen LogP contribution in [0.2, 0.25) is 0 Å². The third-order valence-corrected chi connectivity index (χ3v) is 5.71. The maximum Gasteiger partial charge on any atom is 0.195 e. The summed E-state index contributed by atoms with van der Waals surface area (Å²) in [4.78, 5) is 8.41. The Morgan fingerprint density at radius 2 is 2.42 bits per heavy atom. The van der Waals surface area contributed by atoms with Gasteiger partial charge in [-0.25, -0.2) is 4.98 Å². The molecular weight excluding hydrogens is 276 g/mol. The van der Waals surface area contributed by atoms with Gasteiger partial charge >= 0.3 is 0 Å². The van der Waals surface area contributed by atoms with Gasteiger partial charge < -0.3 is 10.2 Å². The van der Waals surface area contributed by atoms with Crippen LogP contribution in [0.25, 0.3) is 4.96 Å². The average Bonchev–Trinajstić information content (AvgIpc) is 3.02. The second kappa shape index (κ2) is 5.73. The van der Waals surface area contributed by atoms with Crippen LogP contribution in [-0.2, 0) is 6.54 Å². The highest BCUT2D eigenvalue weighted by Gasteiger charge is 2.24. The van der Waals surface area contributed by atoms with Crippen LogP contribution < -0.4 is 10.2 Å². The van der Waals surface area contributed by atoms with Crippen LogP contribution in [0.4, 0.5) is 5.82 Å². The van der Waals surface area contributed by atoms with Gasteiger partial charge in [-0.05, 0) is 13.5 Å². The van der Waals surface area contributed by atoms with Crippen LogP contribution in [0, 0.1) is 0 Å². The zero-order chi connectivity index (χ0) is 13.2. The van der Waals surface area contributed by atoms with Gasteiger partial charge in [0.15, 0.2) is 10.8 Å². The lowest BCUT2D eigenvalue weighted by atomic mass is 10.2. The fourth-order valence-corrected chi connectivity index (χ4v) is 4.47. The second-order valence-electron chi connectivity index (χ2n) is 4.82. The minimum absolute atomic E-state index is 0.746. The largest absolute Gasteiger partial charge is 0.353 e. The number of anilines is 1. The first-order valence-corrected chi connectivity index (χ1v) is 8.72. The number of nitrogens with zero attached hydrogens (tertiary/aromatic N) is 3. The summed E-state index contributed by atoms with van der Waals surface area (Å²) in [6.45, 7) is 5.39. The highest BCUT2D eigenvalue weighted by molar-refractivity contribution is 8.00. The van der Waals surface area contributed by atoms with E-state index >= 15 is 0 Å². The van der Waals surface area contributed by atoms with Crippen LogP contribution in [0.1, 0.15) is 19.0 Å².